The first kappa shape index (κ1) is 19.1. The van der Waals surface area contributed by atoms with Crippen LogP contribution >= 0.6 is 23.2 Å². The maximum absolute atomic E-state index is 11.9. The fourth-order valence-electron chi connectivity index (χ4n) is 1.97. The van der Waals surface area contributed by atoms with E-state index in [2.05, 4.69) is 0 Å². The van der Waals surface area contributed by atoms with Crippen molar-refractivity contribution in [1.29, 1.82) is 0 Å². The Bertz CT molecular complexity index is 789. The van der Waals surface area contributed by atoms with Crippen LogP contribution in [0.15, 0.2) is 36.4 Å². The van der Waals surface area contributed by atoms with Gasteiger partial charge in [0, 0.05) is 16.1 Å². The summed E-state index contributed by atoms with van der Waals surface area (Å²) < 4.78 is 15.4. The highest BCUT2D eigenvalue weighted by molar-refractivity contribution is 6.31. The van der Waals surface area contributed by atoms with E-state index < -0.39 is 11.9 Å². The number of methoxy groups -OCH3 is 1. The second kappa shape index (κ2) is 8.74. The molecule has 0 heterocycles. The average Bonchev–Trinajstić information content (AvgIpc) is 2.58. The number of hydrogen-bond donors (Lipinski definition) is 0. The highest BCUT2D eigenvalue weighted by Crippen LogP contribution is 2.30. The van der Waals surface area contributed by atoms with Crippen molar-refractivity contribution in [3.05, 3.63) is 52.0 Å². The molecule has 2 aromatic carbocycles. The van der Waals surface area contributed by atoms with Crippen LogP contribution in [-0.2, 0) is 9.59 Å². The number of benzene rings is 2. The minimum atomic E-state index is -0.579. The second-order valence-corrected chi connectivity index (χ2v) is 6.00. The van der Waals surface area contributed by atoms with Crippen LogP contribution in [0.4, 0.5) is 0 Å². The lowest BCUT2D eigenvalue weighted by Crippen LogP contribution is -2.14. The summed E-state index contributed by atoms with van der Waals surface area (Å²) in [5.74, 6) is -0.176. The van der Waals surface area contributed by atoms with Gasteiger partial charge in [0.1, 0.15) is 5.75 Å². The molecule has 0 bridgehead atoms. The molecule has 0 spiro atoms. The lowest BCUT2D eigenvalue weighted by molar-refractivity contribution is -0.140. The number of rotatable bonds is 6. The van der Waals surface area contributed by atoms with Crippen LogP contribution in [0.5, 0.6) is 17.2 Å². The lowest BCUT2D eigenvalue weighted by atomic mass is 10.2. The van der Waals surface area contributed by atoms with E-state index in [9.17, 15) is 9.59 Å². The quantitative estimate of drug-likeness (QED) is 0.539. The molecule has 0 atom stereocenters. The molecular formula is C18H16Cl2O5. The highest BCUT2D eigenvalue weighted by atomic mass is 35.5. The third-order valence-corrected chi connectivity index (χ3v) is 3.90. The van der Waals surface area contributed by atoms with E-state index in [-0.39, 0.29) is 18.6 Å². The molecule has 2 aromatic rings. The van der Waals surface area contributed by atoms with Gasteiger partial charge >= 0.3 is 11.9 Å². The molecule has 0 aliphatic rings. The van der Waals surface area contributed by atoms with Crippen molar-refractivity contribution >= 4 is 35.1 Å². The van der Waals surface area contributed by atoms with Crippen LogP contribution in [0.2, 0.25) is 10.0 Å². The van der Waals surface area contributed by atoms with Crippen LogP contribution in [0, 0.1) is 6.92 Å². The van der Waals surface area contributed by atoms with Gasteiger partial charge in [0.15, 0.2) is 11.5 Å². The molecule has 5 nitrogen and oxygen atoms in total. The van der Waals surface area contributed by atoms with E-state index in [0.717, 1.165) is 5.56 Å². The van der Waals surface area contributed by atoms with E-state index in [1.165, 1.54) is 19.2 Å². The normalized spacial score (nSPS) is 10.2. The number of esters is 2. The third-order valence-electron chi connectivity index (χ3n) is 3.24. The van der Waals surface area contributed by atoms with Gasteiger partial charge in [0.05, 0.1) is 20.0 Å². The number of carbonyl (C=O) groups excluding carboxylic acids is 2. The van der Waals surface area contributed by atoms with Crippen LogP contribution in [0.3, 0.4) is 0 Å². The summed E-state index contributed by atoms with van der Waals surface area (Å²) in [6.07, 6.45) is -0.242. The predicted octanol–water partition coefficient (Wildman–Crippen LogP) is 4.60. The summed E-state index contributed by atoms with van der Waals surface area (Å²) in [5.41, 5.74) is 0.793. The second-order valence-electron chi connectivity index (χ2n) is 5.15. The number of ether oxygens (including phenoxy) is 3. The molecule has 25 heavy (non-hydrogen) atoms. The maximum Gasteiger partial charge on any atom is 0.311 e. The van der Waals surface area contributed by atoms with Gasteiger partial charge in [-0.25, -0.2) is 0 Å². The zero-order valence-electron chi connectivity index (χ0n) is 13.7. The Morgan fingerprint density at radius 3 is 2.24 bits per heavy atom. The molecule has 0 aliphatic heterocycles. The summed E-state index contributed by atoms with van der Waals surface area (Å²) in [6.45, 7) is 1.80. The fourth-order valence-corrected chi connectivity index (χ4v) is 2.25. The van der Waals surface area contributed by atoms with Crippen LogP contribution < -0.4 is 14.2 Å². The van der Waals surface area contributed by atoms with Crippen LogP contribution in [-0.4, -0.2) is 19.0 Å². The number of hydrogen-bond acceptors (Lipinski definition) is 5. The Morgan fingerprint density at radius 2 is 1.60 bits per heavy atom. The molecule has 0 radical (unpaired) electrons. The van der Waals surface area contributed by atoms with Gasteiger partial charge in [-0.05, 0) is 42.8 Å². The topological polar surface area (TPSA) is 61.8 Å². The monoisotopic (exact) mass is 382 g/mol. The summed E-state index contributed by atoms with van der Waals surface area (Å²) >= 11 is 11.8. The molecule has 2 rings (SSSR count). The van der Waals surface area contributed by atoms with Gasteiger partial charge in [-0.2, -0.15) is 0 Å². The molecule has 0 unspecified atom stereocenters. The van der Waals surface area contributed by atoms with Gasteiger partial charge < -0.3 is 14.2 Å². The fraction of sp³-hybridized carbons (Fsp3) is 0.222. The van der Waals surface area contributed by atoms with Crippen molar-refractivity contribution in [3.63, 3.8) is 0 Å². The molecule has 132 valence electrons. The molecule has 0 aliphatic carbocycles. The van der Waals surface area contributed by atoms with Crippen molar-refractivity contribution in [2.75, 3.05) is 7.11 Å². The Morgan fingerprint density at radius 1 is 0.920 bits per heavy atom. The summed E-state index contributed by atoms with van der Waals surface area (Å²) in [5, 5.41) is 1.04. The molecule has 0 N–H and O–H groups in total. The molecule has 0 aromatic heterocycles. The van der Waals surface area contributed by atoms with Crippen molar-refractivity contribution in [3.8, 4) is 17.2 Å². The molecule has 0 fully saturated rings. The van der Waals surface area contributed by atoms with E-state index in [1.807, 2.05) is 0 Å². The SMILES string of the molecule is COc1cc(Cl)ccc1OC(=O)CCC(=O)Oc1ccc(Cl)c(C)c1. The van der Waals surface area contributed by atoms with Gasteiger partial charge in [0.2, 0.25) is 0 Å². The van der Waals surface area contributed by atoms with Gasteiger partial charge in [0.25, 0.3) is 0 Å². The van der Waals surface area contributed by atoms with Crippen LogP contribution in [0.1, 0.15) is 18.4 Å². The van der Waals surface area contributed by atoms with E-state index in [0.29, 0.717) is 21.5 Å². The van der Waals surface area contributed by atoms with E-state index in [1.54, 1.807) is 31.2 Å². The maximum atomic E-state index is 11.9. The smallest absolute Gasteiger partial charge is 0.311 e. The van der Waals surface area contributed by atoms with Gasteiger partial charge in [-0.3, -0.25) is 9.59 Å². The molecule has 0 amide bonds. The predicted molar refractivity (Wildman–Crippen MR) is 94.7 cm³/mol. The van der Waals surface area contributed by atoms with Crippen molar-refractivity contribution in [2.24, 2.45) is 0 Å². The van der Waals surface area contributed by atoms with Crippen LogP contribution in [0.25, 0.3) is 0 Å². The number of carbonyl (C=O) groups is 2. The minimum Gasteiger partial charge on any atom is -0.493 e. The van der Waals surface area contributed by atoms with Gasteiger partial charge in [-0.1, -0.05) is 23.2 Å². The standard InChI is InChI=1S/C18H16Cl2O5/c1-11-9-13(4-5-14(11)20)24-17(21)7-8-18(22)25-15-6-3-12(19)10-16(15)23-2/h3-6,9-10H,7-8H2,1-2H3. The molecule has 7 heteroatoms. The lowest BCUT2D eigenvalue weighted by Gasteiger charge is -2.09. The Hall–Kier alpha value is -2.24. The largest absolute Gasteiger partial charge is 0.493 e. The van der Waals surface area contributed by atoms with E-state index in [4.69, 9.17) is 37.4 Å². The highest BCUT2D eigenvalue weighted by Gasteiger charge is 2.14. The first-order valence-electron chi connectivity index (χ1n) is 7.40. The summed E-state index contributed by atoms with van der Waals surface area (Å²) in [6, 6.07) is 9.50. The van der Waals surface area contributed by atoms with Crippen molar-refractivity contribution in [2.45, 2.75) is 19.8 Å². The van der Waals surface area contributed by atoms with Gasteiger partial charge in [-0.15, -0.1) is 0 Å². The molecule has 0 saturated heterocycles. The first-order valence-corrected chi connectivity index (χ1v) is 8.15. The zero-order valence-corrected chi connectivity index (χ0v) is 15.2. The number of halogens is 2. The Balaban J connectivity index is 1.87. The summed E-state index contributed by atoms with van der Waals surface area (Å²) in [7, 11) is 1.44. The molecular weight excluding hydrogens is 367 g/mol. The van der Waals surface area contributed by atoms with Crippen molar-refractivity contribution in [1.82, 2.24) is 0 Å². The Kier molecular flexibility index (Phi) is 6.67. The summed E-state index contributed by atoms with van der Waals surface area (Å²) in [4.78, 5) is 23.7. The van der Waals surface area contributed by atoms with Crippen molar-refractivity contribution < 1.29 is 23.8 Å². The first-order chi connectivity index (χ1) is 11.9. The Labute approximate surface area is 155 Å². The third kappa shape index (κ3) is 5.66. The average molecular weight is 383 g/mol. The molecule has 0 saturated carbocycles. The zero-order chi connectivity index (χ0) is 18.4. The number of aryl methyl sites for hydroxylation is 1. The van der Waals surface area contributed by atoms with E-state index >= 15 is 0 Å². The minimum absolute atomic E-state index is 0.115.